The number of aromatic amines is 2. The fraction of sp³-hybridized carbons (Fsp3) is 0.125. The van der Waals surface area contributed by atoms with E-state index in [0.29, 0.717) is 22.1 Å². The van der Waals surface area contributed by atoms with Gasteiger partial charge in [-0.3, -0.25) is 4.79 Å². The molecule has 0 aliphatic carbocycles. The van der Waals surface area contributed by atoms with Crippen molar-refractivity contribution in [2.75, 3.05) is 5.75 Å². The van der Waals surface area contributed by atoms with Crippen molar-refractivity contribution in [1.29, 1.82) is 0 Å². The van der Waals surface area contributed by atoms with E-state index in [9.17, 15) is 4.79 Å². The van der Waals surface area contributed by atoms with E-state index in [1.807, 2.05) is 0 Å². The number of rotatable bonds is 2. The van der Waals surface area contributed by atoms with Crippen molar-refractivity contribution in [3.05, 3.63) is 16.7 Å². The van der Waals surface area contributed by atoms with Gasteiger partial charge >= 0.3 is 0 Å². The number of hydrogen-bond acceptors (Lipinski definition) is 4. The highest BCUT2D eigenvalue weighted by Crippen LogP contribution is 2.14. The lowest BCUT2D eigenvalue weighted by Crippen LogP contribution is -2.05. The van der Waals surface area contributed by atoms with Gasteiger partial charge in [-0.25, -0.2) is 9.97 Å². The maximum absolute atomic E-state index is 11.2. The summed E-state index contributed by atoms with van der Waals surface area (Å²) in [5, 5.41) is 0.613. The van der Waals surface area contributed by atoms with Gasteiger partial charge in [0, 0.05) is 0 Å². The molecular weight excluding hydrogens is 200 g/mol. The van der Waals surface area contributed by atoms with Crippen LogP contribution in [0.1, 0.15) is 0 Å². The van der Waals surface area contributed by atoms with Gasteiger partial charge < -0.3 is 9.97 Å². The summed E-state index contributed by atoms with van der Waals surface area (Å²) in [6.07, 6.45) is 6.43. The zero-order valence-electron chi connectivity index (χ0n) is 7.07. The quantitative estimate of drug-likeness (QED) is 0.550. The smallest absolute Gasteiger partial charge is 0.276 e. The Morgan fingerprint density at radius 2 is 2.50 bits per heavy atom. The van der Waals surface area contributed by atoms with Gasteiger partial charge in [-0.05, 0) is 0 Å². The highest BCUT2D eigenvalue weighted by atomic mass is 32.2. The Labute approximate surface area is 83.4 Å². The highest BCUT2D eigenvalue weighted by Gasteiger charge is 2.05. The average molecular weight is 206 g/mol. The number of nitrogens with one attached hydrogen (secondary N) is 2. The van der Waals surface area contributed by atoms with Gasteiger partial charge in [-0.15, -0.1) is 6.42 Å². The van der Waals surface area contributed by atoms with Gasteiger partial charge in [0.25, 0.3) is 5.56 Å². The van der Waals surface area contributed by atoms with Crippen LogP contribution in [0.5, 0.6) is 0 Å². The molecule has 0 aromatic carbocycles. The molecule has 70 valence electrons. The molecule has 6 heteroatoms. The molecular formula is C8H6N4OS. The Morgan fingerprint density at radius 3 is 3.21 bits per heavy atom. The summed E-state index contributed by atoms with van der Waals surface area (Å²) in [4.78, 5) is 24.6. The normalized spacial score (nSPS) is 10.2. The maximum Gasteiger partial charge on any atom is 0.276 e. The summed E-state index contributed by atoms with van der Waals surface area (Å²) in [6, 6.07) is 0. The molecule has 0 amide bonds. The van der Waals surface area contributed by atoms with Crippen molar-refractivity contribution >= 4 is 22.9 Å². The second kappa shape index (κ2) is 3.55. The lowest BCUT2D eigenvalue weighted by atomic mass is 10.6. The Kier molecular flexibility index (Phi) is 2.24. The summed E-state index contributed by atoms with van der Waals surface area (Å²) in [6.45, 7) is 0. The second-order valence-corrected chi connectivity index (χ2v) is 3.43. The molecule has 0 bridgehead atoms. The van der Waals surface area contributed by atoms with E-state index < -0.39 is 0 Å². The minimum atomic E-state index is -0.227. The summed E-state index contributed by atoms with van der Waals surface area (Å²) in [5.74, 6) is 2.98. The molecule has 14 heavy (non-hydrogen) atoms. The number of H-pyrrole nitrogens is 2. The first-order valence-electron chi connectivity index (χ1n) is 3.81. The first-order valence-corrected chi connectivity index (χ1v) is 4.79. The third-order valence-electron chi connectivity index (χ3n) is 1.56. The first kappa shape index (κ1) is 8.84. The maximum atomic E-state index is 11.2. The zero-order chi connectivity index (χ0) is 9.97. The number of aromatic nitrogens is 4. The van der Waals surface area contributed by atoms with Crippen molar-refractivity contribution in [2.45, 2.75) is 5.16 Å². The molecule has 0 aliphatic heterocycles. The van der Waals surface area contributed by atoms with Crippen molar-refractivity contribution in [1.82, 2.24) is 19.9 Å². The predicted molar refractivity (Wildman–Crippen MR) is 54.1 cm³/mol. The predicted octanol–water partition coefficient (Wildman–Crippen LogP) is 0.371. The van der Waals surface area contributed by atoms with E-state index in [0.717, 1.165) is 0 Å². The van der Waals surface area contributed by atoms with Gasteiger partial charge in [0.1, 0.15) is 0 Å². The monoisotopic (exact) mass is 206 g/mol. The number of thioether (sulfide) groups is 1. The molecule has 2 N–H and O–H groups in total. The Morgan fingerprint density at radius 1 is 1.64 bits per heavy atom. The summed E-state index contributed by atoms with van der Waals surface area (Å²) < 4.78 is 0. The SMILES string of the molecule is C#CCSc1nc2nc[nH]c(=O)c2[nH]1. The van der Waals surface area contributed by atoms with Crippen molar-refractivity contribution in [2.24, 2.45) is 0 Å². The second-order valence-electron chi connectivity index (χ2n) is 2.47. The van der Waals surface area contributed by atoms with E-state index in [1.54, 1.807) is 0 Å². The number of terminal acetylenes is 1. The minimum absolute atomic E-state index is 0.227. The van der Waals surface area contributed by atoms with Gasteiger partial charge in [0.2, 0.25) is 0 Å². The number of imidazole rings is 1. The molecule has 0 fully saturated rings. The largest absolute Gasteiger partial charge is 0.327 e. The van der Waals surface area contributed by atoms with E-state index >= 15 is 0 Å². The molecule has 0 saturated carbocycles. The van der Waals surface area contributed by atoms with Gasteiger partial charge in [0.05, 0.1) is 12.1 Å². The molecule has 0 radical (unpaired) electrons. The van der Waals surface area contributed by atoms with Crippen LogP contribution in [0.3, 0.4) is 0 Å². The molecule has 0 atom stereocenters. The van der Waals surface area contributed by atoms with Crippen molar-refractivity contribution in [3.8, 4) is 12.3 Å². The number of hydrogen-bond donors (Lipinski definition) is 2. The topological polar surface area (TPSA) is 74.4 Å². The molecule has 2 aromatic rings. The van der Waals surface area contributed by atoms with Crippen LogP contribution in [-0.2, 0) is 0 Å². The summed E-state index contributed by atoms with van der Waals surface area (Å²) in [7, 11) is 0. The molecule has 0 spiro atoms. The third kappa shape index (κ3) is 1.49. The summed E-state index contributed by atoms with van der Waals surface area (Å²) in [5.41, 5.74) is 0.565. The van der Waals surface area contributed by atoms with Crippen LogP contribution >= 0.6 is 11.8 Å². The van der Waals surface area contributed by atoms with E-state index in [-0.39, 0.29) is 5.56 Å². The number of nitrogens with zero attached hydrogens (tertiary/aromatic N) is 2. The average Bonchev–Trinajstić information content (AvgIpc) is 2.59. The lowest BCUT2D eigenvalue weighted by molar-refractivity contribution is 1.07. The third-order valence-corrected chi connectivity index (χ3v) is 2.34. The van der Waals surface area contributed by atoms with Crippen molar-refractivity contribution < 1.29 is 0 Å². The summed E-state index contributed by atoms with van der Waals surface area (Å²) >= 11 is 1.36. The van der Waals surface area contributed by atoms with Crippen LogP contribution in [0.25, 0.3) is 11.2 Å². The Hall–Kier alpha value is -1.74. The van der Waals surface area contributed by atoms with Gasteiger partial charge in [0.15, 0.2) is 16.3 Å². The molecule has 0 saturated heterocycles. The standard InChI is InChI=1S/C8H6N4OS/c1-2-3-14-8-11-5-6(12-8)9-4-10-7(5)13/h1,4H,3H2,(H2,9,10,11,12,13). The minimum Gasteiger partial charge on any atom is -0.327 e. The molecule has 0 unspecified atom stereocenters. The van der Waals surface area contributed by atoms with Crippen LogP contribution in [0.2, 0.25) is 0 Å². The van der Waals surface area contributed by atoms with Crippen LogP contribution in [0.15, 0.2) is 16.3 Å². The lowest BCUT2D eigenvalue weighted by Gasteiger charge is -1.86. The van der Waals surface area contributed by atoms with Crippen molar-refractivity contribution in [3.63, 3.8) is 0 Å². The van der Waals surface area contributed by atoms with E-state index in [2.05, 4.69) is 25.9 Å². The van der Waals surface area contributed by atoms with Crippen LogP contribution in [0.4, 0.5) is 0 Å². The zero-order valence-corrected chi connectivity index (χ0v) is 7.89. The molecule has 2 heterocycles. The Bertz CT molecular complexity index is 550. The van der Waals surface area contributed by atoms with Gasteiger partial charge in [-0.1, -0.05) is 17.7 Å². The Balaban J connectivity index is 2.48. The van der Waals surface area contributed by atoms with Gasteiger partial charge in [-0.2, -0.15) is 0 Å². The number of fused-ring (bicyclic) bond motifs is 1. The molecule has 0 aliphatic rings. The van der Waals surface area contributed by atoms with Crippen LogP contribution < -0.4 is 5.56 Å². The first-order chi connectivity index (χ1) is 6.81. The van der Waals surface area contributed by atoms with Crippen LogP contribution in [-0.4, -0.2) is 25.7 Å². The van der Waals surface area contributed by atoms with E-state index in [4.69, 9.17) is 6.42 Å². The van der Waals surface area contributed by atoms with E-state index in [1.165, 1.54) is 18.1 Å². The fourth-order valence-corrected chi connectivity index (χ4v) is 1.54. The molecule has 2 aromatic heterocycles. The molecule has 2 rings (SSSR count). The highest BCUT2D eigenvalue weighted by molar-refractivity contribution is 7.99. The molecule has 5 nitrogen and oxygen atoms in total. The van der Waals surface area contributed by atoms with Crippen LogP contribution in [0, 0.1) is 12.3 Å². The fourth-order valence-electron chi connectivity index (χ4n) is 0.997.